The van der Waals surface area contributed by atoms with Crippen molar-refractivity contribution in [2.24, 2.45) is 0 Å². The van der Waals surface area contributed by atoms with Crippen LogP contribution in [0.5, 0.6) is 0 Å². The van der Waals surface area contributed by atoms with Crippen molar-refractivity contribution in [3.05, 3.63) is 0 Å². The number of hydrogen-bond donors (Lipinski definition) is 2. The normalized spacial score (nSPS) is 15.3. The van der Waals surface area contributed by atoms with Gasteiger partial charge in [-0.1, -0.05) is 77.6 Å². The van der Waals surface area contributed by atoms with Crippen LogP contribution >= 0.6 is 7.82 Å². The Morgan fingerprint density at radius 1 is 0.833 bits per heavy atom. The van der Waals surface area contributed by atoms with Gasteiger partial charge >= 0.3 is 7.82 Å². The SMILES string of the molecule is CCCCCCCCCCCCCCOC[C@@H](CO)OP(=O)(O)OCC[N+](C)(C)C. The Labute approximate surface area is 185 Å². The lowest BCUT2D eigenvalue weighted by Crippen LogP contribution is -2.37. The lowest BCUT2D eigenvalue weighted by molar-refractivity contribution is -0.870. The van der Waals surface area contributed by atoms with Crippen molar-refractivity contribution in [1.29, 1.82) is 0 Å². The molecule has 1 unspecified atom stereocenters. The molecular formula is C22H49NO6P+. The van der Waals surface area contributed by atoms with Crippen LogP contribution in [0.1, 0.15) is 84.0 Å². The summed E-state index contributed by atoms with van der Waals surface area (Å²) in [4.78, 5) is 9.77. The Morgan fingerprint density at radius 3 is 1.80 bits per heavy atom. The van der Waals surface area contributed by atoms with Crippen LogP contribution in [-0.4, -0.2) is 74.7 Å². The Kier molecular flexibility index (Phi) is 18.5. The highest BCUT2D eigenvalue weighted by molar-refractivity contribution is 7.47. The van der Waals surface area contributed by atoms with E-state index in [9.17, 15) is 14.6 Å². The van der Waals surface area contributed by atoms with Gasteiger partial charge in [0.2, 0.25) is 0 Å². The van der Waals surface area contributed by atoms with Crippen LogP contribution in [0.2, 0.25) is 0 Å². The van der Waals surface area contributed by atoms with E-state index in [1.165, 1.54) is 64.2 Å². The van der Waals surface area contributed by atoms with E-state index in [4.69, 9.17) is 13.8 Å². The maximum Gasteiger partial charge on any atom is 0.472 e. The largest absolute Gasteiger partial charge is 0.472 e. The van der Waals surface area contributed by atoms with Crippen molar-refractivity contribution in [2.45, 2.75) is 90.1 Å². The smallest absolute Gasteiger partial charge is 0.394 e. The van der Waals surface area contributed by atoms with E-state index in [0.29, 0.717) is 17.6 Å². The summed E-state index contributed by atoms with van der Waals surface area (Å²) < 4.78 is 28.1. The second-order valence-electron chi connectivity index (χ2n) is 9.19. The van der Waals surface area contributed by atoms with Crippen LogP contribution in [0.25, 0.3) is 0 Å². The summed E-state index contributed by atoms with van der Waals surface area (Å²) in [7, 11) is 1.70. The number of unbranched alkanes of at least 4 members (excludes halogenated alkanes) is 11. The van der Waals surface area contributed by atoms with Crippen LogP contribution in [0.3, 0.4) is 0 Å². The molecule has 0 saturated carbocycles. The Morgan fingerprint density at radius 2 is 1.33 bits per heavy atom. The van der Waals surface area contributed by atoms with E-state index < -0.39 is 13.9 Å². The minimum Gasteiger partial charge on any atom is -0.394 e. The summed E-state index contributed by atoms with van der Waals surface area (Å²) in [5, 5.41) is 9.35. The van der Waals surface area contributed by atoms with Gasteiger partial charge in [0.1, 0.15) is 19.3 Å². The van der Waals surface area contributed by atoms with Gasteiger partial charge in [0.05, 0.1) is 34.4 Å². The number of aliphatic hydroxyl groups is 1. The highest BCUT2D eigenvalue weighted by Gasteiger charge is 2.27. The monoisotopic (exact) mass is 454 g/mol. The minimum absolute atomic E-state index is 0.0811. The summed E-state index contributed by atoms with van der Waals surface area (Å²) in [5.74, 6) is 0. The predicted octanol–water partition coefficient (Wildman–Crippen LogP) is 4.90. The van der Waals surface area contributed by atoms with Gasteiger partial charge in [-0.25, -0.2) is 4.57 Å². The Balaban J connectivity index is 3.61. The quantitative estimate of drug-likeness (QED) is 0.137. The minimum atomic E-state index is -4.19. The van der Waals surface area contributed by atoms with Gasteiger partial charge in [0.15, 0.2) is 0 Å². The van der Waals surface area contributed by atoms with Gasteiger partial charge in [-0.05, 0) is 6.42 Å². The molecule has 0 aromatic carbocycles. The molecule has 0 aliphatic rings. The molecule has 0 aliphatic heterocycles. The zero-order valence-corrected chi connectivity index (χ0v) is 20.9. The summed E-state index contributed by atoms with van der Waals surface area (Å²) in [6, 6.07) is 0. The number of rotatable bonds is 22. The molecule has 182 valence electrons. The summed E-state index contributed by atoms with van der Waals surface area (Å²) in [5.41, 5.74) is 0. The second-order valence-corrected chi connectivity index (χ2v) is 10.6. The molecule has 0 aliphatic carbocycles. The van der Waals surface area contributed by atoms with E-state index in [-0.39, 0.29) is 19.8 Å². The number of phosphoric ester groups is 1. The third kappa shape index (κ3) is 21.2. The number of likely N-dealkylation sites (N-methyl/N-ethyl adjacent to an activating group) is 1. The average molecular weight is 455 g/mol. The molecule has 0 heterocycles. The van der Waals surface area contributed by atoms with Crippen molar-refractivity contribution in [3.8, 4) is 0 Å². The molecule has 0 saturated heterocycles. The number of phosphoric acid groups is 1. The molecule has 0 amide bonds. The van der Waals surface area contributed by atoms with Gasteiger partial charge in [0, 0.05) is 6.61 Å². The van der Waals surface area contributed by atoms with Gasteiger partial charge in [-0.3, -0.25) is 9.05 Å². The maximum absolute atomic E-state index is 12.0. The van der Waals surface area contributed by atoms with Gasteiger partial charge in [-0.15, -0.1) is 0 Å². The first-order chi connectivity index (χ1) is 14.2. The highest BCUT2D eigenvalue weighted by atomic mass is 31.2. The molecule has 2 N–H and O–H groups in total. The molecule has 0 aromatic rings. The fourth-order valence-corrected chi connectivity index (χ4v) is 3.90. The van der Waals surface area contributed by atoms with Crippen molar-refractivity contribution >= 4 is 7.82 Å². The molecule has 2 atom stereocenters. The van der Waals surface area contributed by atoms with Gasteiger partial charge < -0.3 is 19.2 Å². The zero-order valence-electron chi connectivity index (χ0n) is 20.0. The van der Waals surface area contributed by atoms with Crippen LogP contribution in [-0.2, 0) is 18.3 Å². The topological polar surface area (TPSA) is 85.2 Å². The van der Waals surface area contributed by atoms with Crippen molar-refractivity contribution in [3.63, 3.8) is 0 Å². The fraction of sp³-hybridized carbons (Fsp3) is 1.00. The fourth-order valence-electron chi connectivity index (χ4n) is 3.03. The molecule has 0 aromatic heterocycles. The molecule has 8 heteroatoms. The summed E-state index contributed by atoms with van der Waals surface area (Å²) in [6.45, 7) is 3.19. The lowest BCUT2D eigenvalue weighted by atomic mass is 10.1. The number of hydrogen-bond acceptors (Lipinski definition) is 5. The first kappa shape index (κ1) is 30.0. The molecular weight excluding hydrogens is 405 g/mol. The first-order valence-corrected chi connectivity index (χ1v) is 13.3. The Hall–Kier alpha value is -0.0100. The van der Waals surface area contributed by atoms with Crippen molar-refractivity contribution in [2.75, 3.05) is 54.1 Å². The molecule has 0 spiro atoms. The third-order valence-corrected chi connectivity index (χ3v) is 6.02. The molecule has 0 rings (SSSR count). The average Bonchev–Trinajstić information content (AvgIpc) is 2.66. The van der Waals surface area contributed by atoms with E-state index >= 15 is 0 Å². The lowest BCUT2D eigenvalue weighted by Gasteiger charge is -2.24. The van der Waals surface area contributed by atoms with Gasteiger partial charge in [-0.2, -0.15) is 0 Å². The van der Waals surface area contributed by atoms with E-state index in [1.807, 2.05) is 21.1 Å². The van der Waals surface area contributed by atoms with Crippen LogP contribution in [0, 0.1) is 0 Å². The van der Waals surface area contributed by atoms with E-state index in [1.54, 1.807) is 0 Å². The standard InChI is InChI=1S/C22H48NO6P/c1-5-6-7-8-9-10-11-12-13-14-15-16-18-27-21-22(20-24)29-30(25,26)28-19-17-23(2,3)4/h22,24H,5-21H2,1-4H3/p+1/t22-/m1/s1. The number of ether oxygens (including phenoxy) is 1. The van der Waals surface area contributed by atoms with E-state index in [2.05, 4.69) is 6.92 Å². The third-order valence-electron chi connectivity index (χ3n) is 4.95. The maximum atomic E-state index is 12.0. The summed E-state index contributed by atoms with van der Waals surface area (Å²) >= 11 is 0. The summed E-state index contributed by atoms with van der Waals surface area (Å²) in [6.07, 6.45) is 14.6. The van der Waals surface area contributed by atoms with Crippen molar-refractivity contribution < 1.29 is 32.8 Å². The number of aliphatic hydroxyl groups excluding tert-OH is 1. The second kappa shape index (κ2) is 18.6. The van der Waals surface area contributed by atoms with Crippen molar-refractivity contribution in [1.82, 2.24) is 0 Å². The Bertz CT molecular complexity index is 430. The first-order valence-electron chi connectivity index (χ1n) is 11.8. The molecule has 7 nitrogen and oxygen atoms in total. The number of quaternary nitrogens is 1. The molecule has 0 fully saturated rings. The zero-order chi connectivity index (χ0) is 22.7. The molecule has 0 bridgehead atoms. The van der Waals surface area contributed by atoms with Crippen LogP contribution in [0.15, 0.2) is 0 Å². The van der Waals surface area contributed by atoms with Crippen LogP contribution < -0.4 is 0 Å². The highest BCUT2D eigenvalue weighted by Crippen LogP contribution is 2.44. The van der Waals surface area contributed by atoms with E-state index in [0.717, 1.165) is 12.8 Å². The van der Waals surface area contributed by atoms with Gasteiger partial charge in [0.25, 0.3) is 0 Å². The molecule has 30 heavy (non-hydrogen) atoms. The predicted molar refractivity (Wildman–Crippen MR) is 123 cm³/mol. The molecule has 0 radical (unpaired) electrons. The number of nitrogens with zero attached hydrogens (tertiary/aromatic N) is 1. The van der Waals surface area contributed by atoms with Crippen LogP contribution in [0.4, 0.5) is 0 Å².